The van der Waals surface area contributed by atoms with Crippen LogP contribution in [-0.2, 0) is 16.1 Å². The lowest BCUT2D eigenvalue weighted by Gasteiger charge is -2.12. The van der Waals surface area contributed by atoms with E-state index >= 15 is 0 Å². The Morgan fingerprint density at radius 1 is 1.71 bits per heavy atom. The summed E-state index contributed by atoms with van der Waals surface area (Å²) in [4.78, 5) is 15.3. The predicted octanol–water partition coefficient (Wildman–Crippen LogP) is 0.994. The summed E-state index contributed by atoms with van der Waals surface area (Å²) >= 11 is 0. The highest BCUT2D eigenvalue weighted by molar-refractivity contribution is 5.75. The standard InChI is InChI=1S/C12H15N3O2/c1-3-17-12(16)9(2)15-8-10-5-4-6-14-11(10)7-13/h4-6,9,15H,3,8H2,1-2H3. The zero-order valence-electron chi connectivity index (χ0n) is 9.93. The Morgan fingerprint density at radius 3 is 3.12 bits per heavy atom. The van der Waals surface area contributed by atoms with Gasteiger partial charge in [0, 0.05) is 18.3 Å². The highest BCUT2D eigenvalue weighted by atomic mass is 16.5. The van der Waals surface area contributed by atoms with Crippen LogP contribution in [0.3, 0.4) is 0 Å². The number of nitrogens with one attached hydrogen (secondary N) is 1. The molecule has 1 rings (SSSR count). The first-order valence-electron chi connectivity index (χ1n) is 5.43. The Balaban J connectivity index is 2.56. The number of carbonyl (C=O) groups excluding carboxylic acids is 1. The summed E-state index contributed by atoms with van der Waals surface area (Å²) in [7, 11) is 0. The summed E-state index contributed by atoms with van der Waals surface area (Å²) in [6.07, 6.45) is 1.57. The molecule has 0 aliphatic carbocycles. The quantitative estimate of drug-likeness (QED) is 0.768. The summed E-state index contributed by atoms with van der Waals surface area (Å²) in [5.41, 5.74) is 1.14. The molecule has 1 atom stereocenters. The van der Waals surface area contributed by atoms with Gasteiger partial charge in [0.15, 0.2) is 0 Å². The van der Waals surface area contributed by atoms with Crippen LogP contribution in [0, 0.1) is 11.3 Å². The molecular weight excluding hydrogens is 218 g/mol. The van der Waals surface area contributed by atoms with Crippen LogP contribution >= 0.6 is 0 Å². The molecule has 0 radical (unpaired) electrons. The van der Waals surface area contributed by atoms with E-state index in [1.807, 2.05) is 6.07 Å². The molecule has 0 aromatic carbocycles. The zero-order valence-corrected chi connectivity index (χ0v) is 9.93. The number of pyridine rings is 1. The predicted molar refractivity (Wildman–Crippen MR) is 61.9 cm³/mol. The fourth-order valence-corrected chi connectivity index (χ4v) is 1.30. The lowest BCUT2D eigenvalue weighted by Crippen LogP contribution is -2.35. The van der Waals surface area contributed by atoms with Gasteiger partial charge in [0.05, 0.1) is 6.61 Å². The van der Waals surface area contributed by atoms with Gasteiger partial charge in [0.25, 0.3) is 0 Å². The highest BCUT2D eigenvalue weighted by Gasteiger charge is 2.13. The van der Waals surface area contributed by atoms with Crippen LogP contribution in [0.1, 0.15) is 25.1 Å². The fraction of sp³-hybridized carbons (Fsp3) is 0.417. The van der Waals surface area contributed by atoms with E-state index in [1.54, 1.807) is 32.2 Å². The number of rotatable bonds is 5. The van der Waals surface area contributed by atoms with Gasteiger partial charge in [0.2, 0.25) is 0 Å². The third-order valence-corrected chi connectivity index (χ3v) is 2.24. The van der Waals surface area contributed by atoms with Gasteiger partial charge in [-0.15, -0.1) is 0 Å². The van der Waals surface area contributed by atoms with Gasteiger partial charge in [-0.05, 0) is 19.9 Å². The molecule has 1 N–H and O–H groups in total. The highest BCUT2D eigenvalue weighted by Crippen LogP contribution is 2.03. The van der Waals surface area contributed by atoms with Crippen LogP contribution in [0.25, 0.3) is 0 Å². The maximum absolute atomic E-state index is 11.4. The largest absolute Gasteiger partial charge is 0.465 e. The first kappa shape index (κ1) is 13.1. The third kappa shape index (κ3) is 3.85. The number of aromatic nitrogens is 1. The van der Waals surface area contributed by atoms with E-state index < -0.39 is 6.04 Å². The van der Waals surface area contributed by atoms with Crippen LogP contribution in [0.4, 0.5) is 0 Å². The van der Waals surface area contributed by atoms with Crippen molar-refractivity contribution < 1.29 is 9.53 Å². The van der Waals surface area contributed by atoms with Gasteiger partial charge in [-0.1, -0.05) is 6.07 Å². The molecule has 0 bridgehead atoms. The molecule has 5 heteroatoms. The number of hydrogen-bond acceptors (Lipinski definition) is 5. The van der Waals surface area contributed by atoms with Crippen molar-refractivity contribution >= 4 is 5.97 Å². The summed E-state index contributed by atoms with van der Waals surface area (Å²) in [5.74, 6) is -0.296. The fourth-order valence-electron chi connectivity index (χ4n) is 1.30. The second-order valence-corrected chi connectivity index (χ2v) is 3.48. The summed E-state index contributed by atoms with van der Waals surface area (Å²) in [6.45, 7) is 4.26. The van der Waals surface area contributed by atoms with E-state index in [0.29, 0.717) is 18.8 Å². The summed E-state index contributed by atoms with van der Waals surface area (Å²) < 4.78 is 4.87. The average Bonchev–Trinajstić information content (AvgIpc) is 2.36. The van der Waals surface area contributed by atoms with E-state index in [0.717, 1.165) is 5.56 Å². The van der Waals surface area contributed by atoms with E-state index in [1.165, 1.54) is 0 Å². The van der Waals surface area contributed by atoms with Gasteiger partial charge in [-0.3, -0.25) is 4.79 Å². The zero-order chi connectivity index (χ0) is 12.7. The van der Waals surface area contributed by atoms with Crippen LogP contribution in [0.15, 0.2) is 18.3 Å². The number of carbonyl (C=O) groups is 1. The number of ether oxygens (including phenoxy) is 1. The van der Waals surface area contributed by atoms with Gasteiger partial charge >= 0.3 is 5.97 Å². The minimum absolute atomic E-state index is 0.296. The Hall–Kier alpha value is -1.93. The Kier molecular flexibility index (Phi) is 5.11. The number of nitrogens with zero attached hydrogens (tertiary/aromatic N) is 2. The molecule has 5 nitrogen and oxygen atoms in total. The van der Waals surface area contributed by atoms with Crippen LogP contribution < -0.4 is 5.32 Å². The van der Waals surface area contributed by atoms with Crippen molar-refractivity contribution in [3.8, 4) is 6.07 Å². The molecule has 0 saturated carbocycles. The van der Waals surface area contributed by atoms with Gasteiger partial charge in [0.1, 0.15) is 17.8 Å². The molecule has 0 amide bonds. The molecule has 0 aliphatic heterocycles. The van der Waals surface area contributed by atoms with Crippen molar-refractivity contribution in [1.29, 1.82) is 5.26 Å². The molecule has 0 fully saturated rings. The van der Waals surface area contributed by atoms with Crippen molar-refractivity contribution in [3.05, 3.63) is 29.6 Å². The maximum Gasteiger partial charge on any atom is 0.322 e. The average molecular weight is 233 g/mol. The molecule has 1 aromatic rings. The minimum Gasteiger partial charge on any atom is -0.465 e. The monoisotopic (exact) mass is 233 g/mol. The molecule has 17 heavy (non-hydrogen) atoms. The normalized spacial score (nSPS) is 11.6. The number of esters is 1. The van der Waals surface area contributed by atoms with Crippen molar-refractivity contribution in [2.24, 2.45) is 0 Å². The number of nitriles is 1. The van der Waals surface area contributed by atoms with Crippen molar-refractivity contribution in [3.63, 3.8) is 0 Å². The van der Waals surface area contributed by atoms with E-state index in [9.17, 15) is 4.79 Å². The van der Waals surface area contributed by atoms with Crippen LogP contribution in [-0.4, -0.2) is 23.6 Å². The second kappa shape index (κ2) is 6.61. The topological polar surface area (TPSA) is 75.0 Å². The smallest absolute Gasteiger partial charge is 0.322 e. The molecule has 90 valence electrons. The SMILES string of the molecule is CCOC(=O)C(C)NCc1cccnc1C#N. The molecule has 1 aromatic heterocycles. The Labute approximate surface area is 100 Å². The first-order valence-corrected chi connectivity index (χ1v) is 5.43. The third-order valence-electron chi connectivity index (χ3n) is 2.24. The number of hydrogen-bond donors (Lipinski definition) is 1. The van der Waals surface area contributed by atoms with E-state index in [4.69, 9.17) is 10.00 Å². The Bertz CT molecular complexity index is 426. The van der Waals surface area contributed by atoms with Crippen molar-refractivity contribution in [1.82, 2.24) is 10.3 Å². The van der Waals surface area contributed by atoms with Crippen molar-refractivity contribution in [2.45, 2.75) is 26.4 Å². The summed E-state index contributed by atoms with van der Waals surface area (Å²) in [6, 6.07) is 5.16. The molecule has 1 heterocycles. The first-order chi connectivity index (χ1) is 8.19. The Morgan fingerprint density at radius 2 is 2.47 bits per heavy atom. The van der Waals surface area contributed by atoms with Crippen LogP contribution in [0.2, 0.25) is 0 Å². The van der Waals surface area contributed by atoms with E-state index in [-0.39, 0.29) is 5.97 Å². The second-order valence-electron chi connectivity index (χ2n) is 3.48. The lowest BCUT2D eigenvalue weighted by atomic mass is 10.2. The van der Waals surface area contributed by atoms with Gasteiger partial charge in [-0.2, -0.15) is 5.26 Å². The van der Waals surface area contributed by atoms with Gasteiger partial charge < -0.3 is 10.1 Å². The molecule has 0 aliphatic rings. The molecular formula is C12H15N3O2. The minimum atomic E-state index is -0.401. The molecule has 0 saturated heterocycles. The molecule has 1 unspecified atom stereocenters. The van der Waals surface area contributed by atoms with E-state index in [2.05, 4.69) is 10.3 Å². The van der Waals surface area contributed by atoms with Gasteiger partial charge in [-0.25, -0.2) is 4.98 Å². The lowest BCUT2D eigenvalue weighted by molar-refractivity contribution is -0.145. The maximum atomic E-state index is 11.4. The molecule has 0 spiro atoms. The van der Waals surface area contributed by atoms with Crippen LogP contribution in [0.5, 0.6) is 0 Å². The summed E-state index contributed by atoms with van der Waals surface area (Å²) in [5, 5.41) is 11.8. The van der Waals surface area contributed by atoms with Crippen molar-refractivity contribution in [2.75, 3.05) is 6.61 Å².